The summed E-state index contributed by atoms with van der Waals surface area (Å²) >= 11 is 3.48. The molecule has 2 unspecified atom stereocenters. The van der Waals surface area contributed by atoms with E-state index in [1.165, 1.54) is 0 Å². The molecule has 2 heterocycles. The third kappa shape index (κ3) is 2.92. The first kappa shape index (κ1) is 13.5. The van der Waals surface area contributed by atoms with Crippen LogP contribution in [0, 0.1) is 0 Å². The molecule has 1 fully saturated rings. The van der Waals surface area contributed by atoms with Gasteiger partial charge in [0.2, 0.25) is 5.95 Å². The Balaban J connectivity index is 2.20. The lowest BCUT2D eigenvalue weighted by Crippen LogP contribution is -2.49. The molecule has 1 aliphatic heterocycles. The lowest BCUT2D eigenvalue weighted by atomic mass is 10.2. The van der Waals surface area contributed by atoms with E-state index in [1.807, 2.05) is 31.3 Å². The van der Waals surface area contributed by atoms with E-state index in [0.29, 0.717) is 6.04 Å². The number of halogens is 1. The van der Waals surface area contributed by atoms with Gasteiger partial charge in [0.25, 0.3) is 0 Å². The van der Waals surface area contributed by atoms with Gasteiger partial charge >= 0.3 is 0 Å². The Morgan fingerprint density at radius 2 is 2.33 bits per heavy atom. The van der Waals surface area contributed by atoms with Crippen LogP contribution in [0.25, 0.3) is 0 Å². The van der Waals surface area contributed by atoms with Gasteiger partial charge in [0.1, 0.15) is 5.82 Å². The second-order valence-corrected chi connectivity index (χ2v) is 5.37. The Hall–Kier alpha value is -0.880. The van der Waals surface area contributed by atoms with Gasteiger partial charge in [-0.25, -0.2) is 4.98 Å². The first-order valence-corrected chi connectivity index (χ1v) is 7.18. The molecular weight excluding hydrogens is 296 g/mol. The molecule has 2 rings (SSSR count). The topological polar surface area (TPSA) is 41.5 Å². The van der Waals surface area contributed by atoms with Gasteiger partial charge < -0.3 is 14.5 Å². The van der Waals surface area contributed by atoms with Crippen molar-refractivity contribution in [2.75, 3.05) is 42.4 Å². The van der Waals surface area contributed by atoms with E-state index < -0.39 is 0 Å². The van der Waals surface area contributed by atoms with Crippen LogP contribution >= 0.6 is 15.9 Å². The van der Waals surface area contributed by atoms with E-state index in [4.69, 9.17) is 4.74 Å². The van der Waals surface area contributed by atoms with E-state index in [2.05, 4.69) is 37.7 Å². The van der Waals surface area contributed by atoms with Gasteiger partial charge in [-0.05, 0) is 13.0 Å². The summed E-state index contributed by atoms with van der Waals surface area (Å²) in [5, 5.41) is 0.849. The van der Waals surface area contributed by atoms with Gasteiger partial charge in [-0.1, -0.05) is 15.9 Å². The molecule has 0 amide bonds. The lowest BCUT2D eigenvalue weighted by Gasteiger charge is -2.38. The predicted octanol–water partition coefficient (Wildman–Crippen LogP) is 1.53. The summed E-state index contributed by atoms with van der Waals surface area (Å²) < 4.78 is 5.73. The Bertz CT molecular complexity index is 401. The zero-order valence-electron chi connectivity index (χ0n) is 11.0. The molecule has 0 aliphatic carbocycles. The number of anilines is 2. The molecule has 0 radical (unpaired) electrons. The largest absolute Gasteiger partial charge is 0.373 e. The average Bonchev–Trinajstić information content (AvgIpc) is 2.39. The summed E-state index contributed by atoms with van der Waals surface area (Å²) in [5.74, 6) is 1.71. The van der Waals surface area contributed by atoms with Gasteiger partial charge in [-0.2, -0.15) is 4.98 Å². The van der Waals surface area contributed by atoms with Crippen molar-refractivity contribution in [3.63, 3.8) is 0 Å². The third-order valence-electron chi connectivity index (χ3n) is 3.00. The van der Waals surface area contributed by atoms with Crippen LogP contribution in [0.3, 0.4) is 0 Å². The summed E-state index contributed by atoms with van der Waals surface area (Å²) in [6.45, 7) is 3.75. The summed E-state index contributed by atoms with van der Waals surface area (Å²) in [6, 6.07) is 2.30. The van der Waals surface area contributed by atoms with Crippen LogP contribution in [-0.4, -0.2) is 54.7 Å². The molecule has 0 saturated carbocycles. The highest BCUT2D eigenvalue weighted by Gasteiger charge is 2.26. The van der Waals surface area contributed by atoms with E-state index in [-0.39, 0.29) is 6.10 Å². The fourth-order valence-corrected chi connectivity index (χ4v) is 2.34. The lowest BCUT2D eigenvalue weighted by molar-refractivity contribution is 0.0376. The van der Waals surface area contributed by atoms with Gasteiger partial charge in [-0.15, -0.1) is 0 Å². The van der Waals surface area contributed by atoms with Crippen molar-refractivity contribution in [2.24, 2.45) is 0 Å². The molecule has 0 N–H and O–H groups in total. The highest BCUT2D eigenvalue weighted by molar-refractivity contribution is 9.09. The number of rotatable bonds is 3. The molecule has 1 aromatic heterocycles. The molecule has 6 heteroatoms. The first-order chi connectivity index (χ1) is 8.61. The minimum absolute atomic E-state index is 0.221. The molecule has 1 aromatic rings. The molecule has 0 spiro atoms. The number of hydrogen-bond acceptors (Lipinski definition) is 5. The van der Waals surface area contributed by atoms with Crippen molar-refractivity contribution in [2.45, 2.75) is 19.1 Å². The normalized spacial score (nSPS) is 24.1. The Morgan fingerprint density at radius 3 is 3.00 bits per heavy atom. The number of morpholine rings is 1. The van der Waals surface area contributed by atoms with Gasteiger partial charge in [0.05, 0.1) is 18.8 Å². The summed E-state index contributed by atoms with van der Waals surface area (Å²) in [6.07, 6.45) is 2.03. The van der Waals surface area contributed by atoms with Crippen molar-refractivity contribution in [1.82, 2.24) is 9.97 Å². The monoisotopic (exact) mass is 314 g/mol. The highest BCUT2D eigenvalue weighted by atomic mass is 79.9. The summed E-state index contributed by atoms with van der Waals surface area (Å²) in [5.41, 5.74) is 0. The number of alkyl halides is 1. The first-order valence-electron chi connectivity index (χ1n) is 6.06. The summed E-state index contributed by atoms with van der Waals surface area (Å²) in [4.78, 5) is 13.0. The molecule has 5 nitrogen and oxygen atoms in total. The van der Waals surface area contributed by atoms with Crippen LogP contribution in [0.1, 0.15) is 6.92 Å². The maximum absolute atomic E-state index is 5.73. The molecule has 2 atom stereocenters. The molecular formula is C12H19BrN4O. The Morgan fingerprint density at radius 1 is 1.56 bits per heavy atom. The molecule has 0 aromatic carbocycles. The third-order valence-corrected chi connectivity index (χ3v) is 3.72. The van der Waals surface area contributed by atoms with Crippen molar-refractivity contribution < 1.29 is 4.74 Å². The fraction of sp³-hybridized carbons (Fsp3) is 0.667. The van der Waals surface area contributed by atoms with Crippen molar-refractivity contribution >= 4 is 27.7 Å². The van der Waals surface area contributed by atoms with Crippen LogP contribution in [0.2, 0.25) is 0 Å². The number of aromatic nitrogens is 2. The Kier molecular flexibility index (Phi) is 4.40. The Labute approximate surface area is 116 Å². The van der Waals surface area contributed by atoms with Gasteiger partial charge in [-0.3, -0.25) is 0 Å². The van der Waals surface area contributed by atoms with Gasteiger partial charge in [0.15, 0.2) is 0 Å². The zero-order chi connectivity index (χ0) is 13.1. The SMILES string of the molecule is CC1COC(CBr)CN1c1ccnc(N(C)C)n1. The highest BCUT2D eigenvalue weighted by Crippen LogP contribution is 2.21. The van der Waals surface area contributed by atoms with Crippen LogP contribution in [-0.2, 0) is 4.74 Å². The maximum atomic E-state index is 5.73. The quantitative estimate of drug-likeness (QED) is 0.791. The minimum atomic E-state index is 0.221. The summed E-state index contributed by atoms with van der Waals surface area (Å²) in [7, 11) is 3.90. The number of nitrogens with zero attached hydrogens (tertiary/aromatic N) is 4. The fourth-order valence-electron chi connectivity index (χ4n) is 1.94. The minimum Gasteiger partial charge on any atom is -0.373 e. The molecule has 100 valence electrons. The average molecular weight is 315 g/mol. The van der Waals surface area contributed by atoms with Crippen molar-refractivity contribution in [1.29, 1.82) is 0 Å². The maximum Gasteiger partial charge on any atom is 0.226 e. The van der Waals surface area contributed by atoms with E-state index >= 15 is 0 Å². The van der Waals surface area contributed by atoms with Crippen LogP contribution in [0.4, 0.5) is 11.8 Å². The van der Waals surface area contributed by atoms with E-state index in [0.717, 1.165) is 30.2 Å². The molecule has 18 heavy (non-hydrogen) atoms. The standard InChI is InChI=1S/C12H19BrN4O/c1-9-8-18-10(6-13)7-17(9)11-4-5-14-12(15-11)16(2)3/h4-5,9-10H,6-8H2,1-3H3. The molecule has 0 bridgehead atoms. The predicted molar refractivity (Wildman–Crippen MR) is 76.7 cm³/mol. The van der Waals surface area contributed by atoms with E-state index in [9.17, 15) is 0 Å². The van der Waals surface area contributed by atoms with Gasteiger partial charge in [0, 0.05) is 32.2 Å². The van der Waals surface area contributed by atoms with Crippen molar-refractivity contribution in [3.05, 3.63) is 12.3 Å². The van der Waals surface area contributed by atoms with Crippen LogP contribution in [0.5, 0.6) is 0 Å². The smallest absolute Gasteiger partial charge is 0.226 e. The van der Waals surface area contributed by atoms with Crippen molar-refractivity contribution in [3.8, 4) is 0 Å². The molecule has 1 aliphatic rings. The number of hydrogen-bond donors (Lipinski definition) is 0. The molecule has 1 saturated heterocycles. The van der Waals surface area contributed by atoms with E-state index in [1.54, 1.807) is 0 Å². The second kappa shape index (κ2) is 5.84. The zero-order valence-corrected chi connectivity index (χ0v) is 12.6. The second-order valence-electron chi connectivity index (χ2n) is 4.72. The van der Waals surface area contributed by atoms with Crippen LogP contribution in [0.15, 0.2) is 12.3 Å². The number of ether oxygens (including phenoxy) is 1. The van der Waals surface area contributed by atoms with Crippen LogP contribution < -0.4 is 9.80 Å².